The molecule has 0 radical (unpaired) electrons. The number of amides is 1. The molecule has 1 fully saturated rings. The summed E-state index contributed by atoms with van der Waals surface area (Å²) < 4.78 is 0. The Hall–Kier alpha value is -0.240. The Balaban J connectivity index is 2.22. The minimum atomic E-state index is 0.0879. The number of halogens is 1. The van der Waals surface area contributed by atoms with Crippen molar-refractivity contribution in [1.82, 2.24) is 5.32 Å². The predicted molar refractivity (Wildman–Crippen MR) is 77.9 cm³/mol. The van der Waals surface area contributed by atoms with Gasteiger partial charge >= 0.3 is 0 Å². The van der Waals surface area contributed by atoms with Gasteiger partial charge < -0.3 is 5.32 Å². The molecule has 1 aliphatic carbocycles. The van der Waals surface area contributed by atoms with Gasteiger partial charge in [0.05, 0.1) is 0 Å². The highest BCUT2D eigenvalue weighted by Gasteiger charge is 2.25. The first-order valence-corrected chi connectivity index (χ1v) is 8.02. The molecule has 0 aromatic rings. The highest BCUT2D eigenvalue weighted by molar-refractivity contribution is 6.18. The van der Waals surface area contributed by atoms with Crippen LogP contribution in [0.25, 0.3) is 0 Å². The molecule has 106 valence electrons. The van der Waals surface area contributed by atoms with E-state index in [0.717, 1.165) is 31.7 Å². The van der Waals surface area contributed by atoms with E-state index in [9.17, 15) is 4.79 Å². The van der Waals surface area contributed by atoms with E-state index in [2.05, 4.69) is 19.2 Å². The van der Waals surface area contributed by atoms with E-state index in [-0.39, 0.29) is 11.3 Å². The molecule has 18 heavy (non-hydrogen) atoms. The van der Waals surface area contributed by atoms with Crippen molar-refractivity contribution in [2.75, 3.05) is 12.4 Å². The Morgan fingerprint density at radius 3 is 2.39 bits per heavy atom. The van der Waals surface area contributed by atoms with Crippen LogP contribution >= 0.6 is 11.6 Å². The summed E-state index contributed by atoms with van der Waals surface area (Å²) in [5, 5.41) is 3.08. The molecule has 0 bridgehead atoms. The second-order valence-corrected chi connectivity index (χ2v) is 6.07. The van der Waals surface area contributed by atoms with Crippen LogP contribution in [0.2, 0.25) is 0 Å². The maximum atomic E-state index is 11.8. The van der Waals surface area contributed by atoms with Gasteiger partial charge in [-0.3, -0.25) is 4.79 Å². The molecule has 0 aromatic carbocycles. The van der Waals surface area contributed by atoms with Gasteiger partial charge in [0.25, 0.3) is 0 Å². The fraction of sp³-hybridized carbons (Fsp3) is 0.933. The predicted octanol–water partition coefficient (Wildman–Crippen LogP) is 4.12. The number of carbonyl (C=O) groups is 1. The molecular formula is C15H28ClNO. The standard InChI is InChI=1S/C15H28ClNO/c1-3-15(4-2,11-16)12-17-14(18)10-9-13-7-5-6-8-13/h13H,3-12H2,1-2H3,(H,17,18). The van der Waals surface area contributed by atoms with Crippen molar-refractivity contribution in [3.63, 3.8) is 0 Å². The van der Waals surface area contributed by atoms with E-state index < -0.39 is 0 Å². The summed E-state index contributed by atoms with van der Waals surface area (Å²) in [4.78, 5) is 11.8. The van der Waals surface area contributed by atoms with Gasteiger partial charge in [0.2, 0.25) is 5.91 Å². The lowest BCUT2D eigenvalue weighted by Gasteiger charge is -2.29. The smallest absolute Gasteiger partial charge is 0.220 e. The van der Waals surface area contributed by atoms with Crippen molar-refractivity contribution in [3.8, 4) is 0 Å². The lowest BCUT2D eigenvalue weighted by molar-refractivity contribution is -0.121. The Labute approximate surface area is 117 Å². The maximum Gasteiger partial charge on any atom is 0.220 e. The van der Waals surface area contributed by atoms with Crippen LogP contribution in [0.5, 0.6) is 0 Å². The average Bonchev–Trinajstić information content (AvgIpc) is 2.92. The molecule has 0 heterocycles. The van der Waals surface area contributed by atoms with Crippen molar-refractivity contribution in [1.29, 1.82) is 0 Å². The monoisotopic (exact) mass is 273 g/mol. The molecular weight excluding hydrogens is 246 g/mol. The van der Waals surface area contributed by atoms with Crippen molar-refractivity contribution < 1.29 is 4.79 Å². The zero-order valence-electron chi connectivity index (χ0n) is 11.9. The van der Waals surface area contributed by atoms with E-state index >= 15 is 0 Å². The SMILES string of the molecule is CCC(CC)(CCl)CNC(=O)CCC1CCCC1. The van der Waals surface area contributed by atoms with E-state index in [1.165, 1.54) is 25.7 Å². The third kappa shape index (κ3) is 4.79. The largest absolute Gasteiger partial charge is 0.356 e. The molecule has 0 saturated heterocycles. The number of alkyl halides is 1. The molecule has 0 spiro atoms. The minimum absolute atomic E-state index is 0.0879. The average molecular weight is 274 g/mol. The molecule has 1 N–H and O–H groups in total. The van der Waals surface area contributed by atoms with Crippen molar-refractivity contribution in [3.05, 3.63) is 0 Å². The first-order chi connectivity index (χ1) is 8.65. The third-order valence-electron chi connectivity index (χ3n) is 4.70. The van der Waals surface area contributed by atoms with Crippen molar-refractivity contribution in [2.24, 2.45) is 11.3 Å². The Morgan fingerprint density at radius 2 is 1.89 bits per heavy atom. The van der Waals surface area contributed by atoms with Gasteiger partial charge in [-0.05, 0) is 25.2 Å². The van der Waals surface area contributed by atoms with Crippen LogP contribution in [0.3, 0.4) is 0 Å². The second kappa shape index (κ2) is 8.04. The zero-order valence-corrected chi connectivity index (χ0v) is 12.7. The summed E-state index contributed by atoms with van der Waals surface area (Å²) in [6.45, 7) is 5.03. The van der Waals surface area contributed by atoms with Crippen LogP contribution in [-0.2, 0) is 4.79 Å². The van der Waals surface area contributed by atoms with Gasteiger partial charge in [-0.2, -0.15) is 0 Å². The van der Waals surface area contributed by atoms with Crippen LogP contribution < -0.4 is 5.32 Å². The summed E-state index contributed by atoms with van der Waals surface area (Å²) >= 11 is 6.04. The number of carbonyl (C=O) groups excluding carboxylic acids is 1. The zero-order chi connectivity index (χ0) is 13.4. The molecule has 3 heteroatoms. The summed E-state index contributed by atoms with van der Waals surface area (Å²) in [6, 6.07) is 0. The molecule has 0 aliphatic heterocycles. The number of hydrogen-bond acceptors (Lipinski definition) is 1. The molecule has 2 nitrogen and oxygen atoms in total. The van der Waals surface area contributed by atoms with Crippen LogP contribution in [-0.4, -0.2) is 18.3 Å². The molecule has 1 aliphatic rings. The number of hydrogen-bond donors (Lipinski definition) is 1. The van der Waals surface area contributed by atoms with Crippen molar-refractivity contribution in [2.45, 2.75) is 65.2 Å². The van der Waals surface area contributed by atoms with Gasteiger partial charge in [-0.25, -0.2) is 0 Å². The third-order valence-corrected chi connectivity index (χ3v) is 5.27. The molecule has 0 unspecified atom stereocenters. The fourth-order valence-corrected chi connectivity index (χ4v) is 3.22. The Kier molecular flexibility index (Phi) is 7.06. The summed E-state index contributed by atoms with van der Waals surface area (Å²) in [7, 11) is 0. The van der Waals surface area contributed by atoms with Crippen molar-refractivity contribution >= 4 is 17.5 Å². The summed E-state index contributed by atoms with van der Waals surface area (Å²) in [5.74, 6) is 1.63. The second-order valence-electron chi connectivity index (χ2n) is 5.81. The topological polar surface area (TPSA) is 29.1 Å². The lowest BCUT2D eigenvalue weighted by Crippen LogP contribution is -2.38. The number of rotatable bonds is 8. The lowest BCUT2D eigenvalue weighted by atomic mass is 9.84. The van der Waals surface area contributed by atoms with Crippen LogP contribution in [0, 0.1) is 11.3 Å². The molecule has 1 saturated carbocycles. The van der Waals surface area contributed by atoms with Gasteiger partial charge in [0.15, 0.2) is 0 Å². The Bertz CT molecular complexity index is 237. The van der Waals surface area contributed by atoms with Crippen LogP contribution in [0.4, 0.5) is 0 Å². The Morgan fingerprint density at radius 1 is 1.28 bits per heavy atom. The molecule has 0 aromatic heterocycles. The highest BCUT2D eigenvalue weighted by atomic mass is 35.5. The number of nitrogens with one attached hydrogen (secondary N) is 1. The fourth-order valence-electron chi connectivity index (χ4n) is 2.74. The van der Waals surface area contributed by atoms with E-state index in [4.69, 9.17) is 11.6 Å². The molecule has 1 amide bonds. The van der Waals surface area contributed by atoms with Crippen LogP contribution in [0.1, 0.15) is 65.2 Å². The van der Waals surface area contributed by atoms with Gasteiger partial charge in [0.1, 0.15) is 0 Å². The first-order valence-electron chi connectivity index (χ1n) is 7.48. The minimum Gasteiger partial charge on any atom is -0.356 e. The molecule has 0 atom stereocenters. The van der Waals surface area contributed by atoms with Crippen LogP contribution in [0.15, 0.2) is 0 Å². The van der Waals surface area contributed by atoms with E-state index in [1.807, 2.05) is 0 Å². The van der Waals surface area contributed by atoms with Gasteiger partial charge in [-0.1, -0.05) is 39.5 Å². The summed E-state index contributed by atoms with van der Waals surface area (Å²) in [5.41, 5.74) is 0.0879. The van der Waals surface area contributed by atoms with E-state index in [1.54, 1.807) is 0 Å². The van der Waals surface area contributed by atoms with Gasteiger partial charge in [0, 0.05) is 24.3 Å². The normalized spacial score (nSPS) is 17.1. The first kappa shape index (κ1) is 15.8. The highest BCUT2D eigenvalue weighted by Crippen LogP contribution is 2.29. The maximum absolute atomic E-state index is 11.8. The van der Waals surface area contributed by atoms with Gasteiger partial charge in [-0.15, -0.1) is 11.6 Å². The quantitative estimate of drug-likeness (QED) is 0.662. The molecule has 1 rings (SSSR count). The van der Waals surface area contributed by atoms with E-state index in [0.29, 0.717) is 12.3 Å². The summed E-state index contributed by atoms with van der Waals surface area (Å²) in [6.07, 6.45) is 9.16.